The molecule has 0 aromatic heterocycles. The Hall–Kier alpha value is -2.03. The van der Waals surface area contributed by atoms with E-state index in [-0.39, 0.29) is 6.42 Å². The van der Waals surface area contributed by atoms with Crippen LogP contribution in [0, 0.1) is 0 Å². The number of rotatable bonds is 7. The molecule has 1 rings (SSSR count). The highest BCUT2D eigenvalue weighted by Crippen LogP contribution is 2.14. The summed E-state index contributed by atoms with van der Waals surface area (Å²) in [6.45, 7) is 7.75. The van der Waals surface area contributed by atoms with E-state index in [1.807, 2.05) is 24.3 Å². The molecule has 0 aliphatic carbocycles. The Kier molecular flexibility index (Phi) is 5.01. The molecule has 0 heterocycles. The summed E-state index contributed by atoms with van der Waals surface area (Å²) in [5.41, 5.74) is 1.81. The normalized spacial score (nSPS) is 9.65. The van der Waals surface area contributed by atoms with Crippen LogP contribution in [0.3, 0.4) is 0 Å². The van der Waals surface area contributed by atoms with E-state index in [9.17, 15) is 4.79 Å². The fourth-order valence-electron chi connectivity index (χ4n) is 1.24. The summed E-state index contributed by atoms with van der Waals surface area (Å²) in [6.07, 6.45) is 2.34. The van der Waals surface area contributed by atoms with Crippen LogP contribution >= 0.6 is 0 Å². The van der Waals surface area contributed by atoms with Crippen molar-refractivity contribution in [3.63, 3.8) is 0 Å². The first-order chi connectivity index (χ1) is 8.11. The Bertz CT molecular complexity index is 404. The van der Waals surface area contributed by atoms with E-state index >= 15 is 0 Å². The first kappa shape index (κ1) is 13.0. The van der Waals surface area contributed by atoms with Crippen LogP contribution in [0.1, 0.15) is 12.0 Å². The highest BCUT2D eigenvalue weighted by molar-refractivity contribution is 5.67. The van der Waals surface area contributed by atoms with Gasteiger partial charge in [-0.25, -0.2) is 0 Å². The molecule has 0 fully saturated rings. The number of carboxylic acid groups (broad SMARTS) is 1. The van der Waals surface area contributed by atoms with Gasteiger partial charge >= 0.3 is 5.97 Å². The van der Waals surface area contributed by atoms with Crippen molar-refractivity contribution in [2.24, 2.45) is 0 Å². The molecule has 0 bridgehead atoms. The third-order valence-corrected chi connectivity index (χ3v) is 2.26. The van der Waals surface area contributed by atoms with Gasteiger partial charge in [-0.3, -0.25) is 4.79 Å². The quantitative estimate of drug-likeness (QED) is 0.735. The lowest BCUT2D eigenvalue weighted by atomic mass is 10.1. The van der Waals surface area contributed by atoms with Gasteiger partial charge in [0.1, 0.15) is 12.4 Å². The Labute approximate surface area is 101 Å². The van der Waals surface area contributed by atoms with Gasteiger partial charge in [-0.2, -0.15) is 0 Å². The lowest BCUT2D eigenvalue weighted by molar-refractivity contribution is -0.136. The van der Waals surface area contributed by atoms with Crippen LogP contribution in [0.4, 0.5) is 0 Å². The van der Waals surface area contributed by atoms with Crippen molar-refractivity contribution in [2.75, 3.05) is 6.61 Å². The molecule has 17 heavy (non-hydrogen) atoms. The SMILES string of the molecule is C=CC(=C)COc1ccc(CCC(=O)O)cc1. The molecule has 1 N–H and O–H groups in total. The van der Waals surface area contributed by atoms with Gasteiger partial charge in [0.25, 0.3) is 0 Å². The fourth-order valence-corrected chi connectivity index (χ4v) is 1.24. The monoisotopic (exact) mass is 232 g/mol. The maximum Gasteiger partial charge on any atom is 0.303 e. The lowest BCUT2D eigenvalue weighted by Gasteiger charge is -2.06. The Balaban J connectivity index is 2.47. The molecule has 3 nitrogen and oxygen atoms in total. The average Bonchev–Trinajstić information content (AvgIpc) is 2.34. The van der Waals surface area contributed by atoms with Gasteiger partial charge in [-0.15, -0.1) is 0 Å². The standard InChI is InChI=1S/C14H16O3/c1-3-11(2)10-17-13-7-4-12(5-8-13)6-9-14(15)16/h3-5,7-8H,1-2,6,9-10H2,(H,15,16). The minimum absolute atomic E-state index is 0.146. The summed E-state index contributed by atoms with van der Waals surface area (Å²) in [5.74, 6) is -0.0420. The van der Waals surface area contributed by atoms with Crippen molar-refractivity contribution in [2.45, 2.75) is 12.8 Å². The summed E-state index contributed by atoms with van der Waals surface area (Å²) in [5, 5.41) is 8.56. The van der Waals surface area contributed by atoms with Gasteiger partial charge in [0.2, 0.25) is 0 Å². The predicted octanol–water partition coefficient (Wildman–Crippen LogP) is 2.82. The molecule has 0 atom stereocenters. The Morgan fingerprint density at radius 3 is 2.53 bits per heavy atom. The van der Waals surface area contributed by atoms with Gasteiger partial charge < -0.3 is 9.84 Å². The molecule has 0 saturated carbocycles. The molecular formula is C14H16O3. The fraction of sp³-hybridized carbons (Fsp3) is 0.214. The maximum absolute atomic E-state index is 10.4. The topological polar surface area (TPSA) is 46.5 Å². The van der Waals surface area contributed by atoms with E-state index in [1.165, 1.54) is 0 Å². The largest absolute Gasteiger partial charge is 0.489 e. The zero-order chi connectivity index (χ0) is 12.7. The van der Waals surface area contributed by atoms with Crippen molar-refractivity contribution in [3.8, 4) is 5.75 Å². The first-order valence-electron chi connectivity index (χ1n) is 5.35. The van der Waals surface area contributed by atoms with Gasteiger partial charge in [-0.1, -0.05) is 31.4 Å². The molecule has 0 aliphatic rings. The molecule has 90 valence electrons. The van der Waals surface area contributed by atoms with E-state index in [2.05, 4.69) is 13.2 Å². The summed E-state index contributed by atoms with van der Waals surface area (Å²) in [6, 6.07) is 7.39. The molecule has 1 aromatic carbocycles. The lowest BCUT2D eigenvalue weighted by Crippen LogP contribution is -1.99. The van der Waals surface area contributed by atoms with Gasteiger partial charge in [0, 0.05) is 6.42 Å². The number of ether oxygens (including phenoxy) is 1. The van der Waals surface area contributed by atoms with Crippen molar-refractivity contribution < 1.29 is 14.6 Å². The minimum Gasteiger partial charge on any atom is -0.489 e. The van der Waals surface area contributed by atoms with E-state index in [0.29, 0.717) is 13.0 Å². The van der Waals surface area contributed by atoms with E-state index in [4.69, 9.17) is 9.84 Å². The van der Waals surface area contributed by atoms with E-state index in [1.54, 1.807) is 6.08 Å². The predicted molar refractivity (Wildman–Crippen MR) is 67.2 cm³/mol. The van der Waals surface area contributed by atoms with Gasteiger partial charge in [-0.05, 0) is 29.7 Å². The van der Waals surface area contributed by atoms with Crippen molar-refractivity contribution >= 4 is 5.97 Å². The number of hydrogen-bond donors (Lipinski definition) is 1. The smallest absolute Gasteiger partial charge is 0.303 e. The maximum atomic E-state index is 10.4. The van der Waals surface area contributed by atoms with Crippen molar-refractivity contribution in [1.29, 1.82) is 0 Å². The first-order valence-corrected chi connectivity index (χ1v) is 5.35. The van der Waals surface area contributed by atoms with Crippen LogP contribution < -0.4 is 4.74 Å². The van der Waals surface area contributed by atoms with Crippen LogP contribution in [0.5, 0.6) is 5.75 Å². The number of carboxylic acids is 1. The van der Waals surface area contributed by atoms with Crippen LogP contribution in [-0.2, 0) is 11.2 Å². The van der Waals surface area contributed by atoms with E-state index in [0.717, 1.165) is 16.9 Å². The molecule has 0 amide bonds. The molecule has 0 saturated heterocycles. The van der Waals surface area contributed by atoms with Crippen molar-refractivity contribution in [3.05, 3.63) is 54.6 Å². The third-order valence-electron chi connectivity index (χ3n) is 2.26. The highest BCUT2D eigenvalue weighted by atomic mass is 16.5. The van der Waals surface area contributed by atoms with Crippen LogP contribution in [0.2, 0.25) is 0 Å². The van der Waals surface area contributed by atoms with Crippen LogP contribution in [-0.4, -0.2) is 17.7 Å². The molecule has 0 unspecified atom stereocenters. The summed E-state index contributed by atoms with van der Waals surface area (Å²) in [4.78, 5) is 10.4. The zero-order valence-corrected chi connectivity index (χ0v) is 9.69. The van der Waals surface area contributed by atoms with Crippen LogP contribution in [0.25, 0.3) is 0 Å². The second-order valence-corrected chi connectivity index (χ2v) is 3.69. The van der Waals surface area contributed by atoms with Crippen LogP contribution in [0.15, 0.2) is 49.1 Å². The second-order valence-electron chi connectivity index (χ2n) is 3.69. The van der Waals surface area contributed by atoms with Gasteiger partial charge in [0.05, 0.1) is 0 Å². The Morgan fingerprint density at radius 1 is 1.35 bits per heavy atom. The van der Waals surface area contributed by atoms with Crippen molar-refractivity contribution in [1.82, 2.24) is 0 Å². The number of carbonyl (C=O) groups is 1. The number of benzene rings is 1. The third kappa shape index (κ3) is 5.02. The second kappa shape index (κ2) is 6.53. The number of aryl methyl sites for hydroxylation is 1. The summed E-state index contributed by atoms with van der Waals surface area (Å²) < 4.78 is 5.45. The number of hydrogen-bond acceptors (Lipinski definition) is 2. The zero-order valence-electron chi connectivity index (χ0n) is 9.69. The number of aliphatic carboxylic acids is 1. The highest BCUT2D eigenvalue weighted by Gasteiger charge is 2.00. The molecular weight excluding hydrogens is 216 g/mol. The Morgan fingerprint density at radius 2 is 2.00 bits per heavy atom. The average molecular weight is 232 g/mol. The molecule has 0 aliphatic heterocycles. The molecule has 1 aromatic rings. The molecule has 0 radical (unpaired) electrons. The van der Waals surface area contributed by atoms with Gasteiger partial charge in [0.15, 0.2) is 0 Å². The molecule has 3 heteroatoms. The molecule has 0 spiro atoms. The summed E-state index contributed by atoms with van der Waals surface area (Å²) in [7, 11) is 0. The van der Waals surface area contributed by atoms with E-state index < -0.39 is 5.97 Å². The summed E-state index contributed by atoms with van der Waals surface area (Å²) >= 11 is 0. The minimum atomic E-state index is -0.785.